The van der Waals surface area contributed by atoms with Crippen molar-refractivity contribution in [1.82, 2.24) is 10.2 Å². The number of nitrogens with zero attached hydrogens (tertiary/aromatic N) is 1. The zero-order valence-electron chi connectivity index (χ0n) is 11.6. The van der Waals surface area contributed by atoms with Crippen LogP contribution < -0.4 is 14.8 Å². The van der Waals surface area contributed by atoms with Gasteiger partial charge in [0.05, 0.1) is 0 Å². The maximum atomic E-state index is 12.0. The molecule has 5 nitrogen and oxygen atoms in total. The third-order valence-corrected chi connectivity index (χ3v) is 3.24. The first-order valence-corrected chi connectivity index (χ1v) is 6.42. The summed E-state index contributed by atoms with van der Waals surface area (Å²) in [7, 11) is 3.97. The predicted molar refractivity (Wildman–Crippen MR) is 72.9 cm³/mol. The highest BCUT2D eigenvalue weighted by molar-refractivity contribution is 5.94. The van der Waals surface area contributed by atoms with E-state index in [0.717, 1.165) is 0 Å². The number of carbonyl (C=O) groups is 1. The summed E-state index contributed by atoms with van der Waals surface area (Å²) >= 11 is 0. The summed E-state index contributed by atoms with van der Waals surface area (Å²) in [5.74, 6) is 1.25. The summed E-state index contributed by atoms with van der Waals surface area (Å²) in [6.45, 7) is 3.75. The molecule has 0 saturated heterocycles. The van der Waals surface area contributed by atoms with Gasteiger partial charge in [-0.05, 0) is 39.2 Å². The fourth-order valence-electron chi connectivity index (χ4n) is 1.71. The average Bonchev–Trinajstić information content (AvgIpc) is 2.43. The van der Waals surface area contributed by atoms with Crippen molar-refractivity contribution in [2.24, 2.45) is 0 Å². The van der Waals surface area contributed by atoms with Crippen molar-refractivity contribution in [3.63, 3.8) is 0 Å². The van der Waals surface area contributed by atoms with Gasteiger partial charge in [-0.3, -0.25) is 4.79 Å². The molecule has 0 saturated carbocycles. The van der Waals surface area contributed by atoms with Crippen LogP contribution >= 0.6 is 0 Å². The molecule has 0 aromatic heterocycles. The number of nitrogens with one attached hydrogen (secondary N) is 1. The second kappa shape index (κ2) is 5.93. The van der Waals surface area contributed by atoms with E-state index in [1.54, 1.807) is 18.2 Å². The van der Waals surface area contributed by atoms with Crippen molar-refractivity contribution >= 4 is 5.91 Å². The van der Waals surface area contributed by atoms with E-state index in [1.165, 1.54) is 0 Å². The zero-order valence-corrected chi connectivity index (χ0v) is 11.6. The van der Waals surface area contributed by atoms with Crippen LogP contribution in [0.3, 0.4) is 0 Å². The van der Waals surface area contributed by atoms with Gasteiger partial charge in [0, 0.05) is 18.2 Å². The fourth-order valence-corrected chi connectivity index (χ4v) is 1.71. The lowest BCUT2D eigenvalue weighted by Crippen LogP contribution is -2.38. The van der Waals surface area contributed by atoms with Gasteiger partial charge in [0.15, 0.2) is 11.5 Å². The minimum atomic E-state index is -0.0920. The van der Waals surface area contributed by atoms with Gasteiger partial charge in [-0.25, -0.2) is 0 Å². The summed E-state index contributed by atoms with van der Waals surface area (Å²) in [6.07, 6.45) is 0. The van der Waals surface area contributed by atoms with Crippen LogP contribution in [0.4, 0.5) is 0 Å². The Morgan fingerprint density at radius 1 is 1.32 bits per heavy atom. The molecule has 1 aliphatic rings. The molecular formula is C14H20N2O3. The third-order valence-electron chi connectivity index (χ3n) is 3.24. The Kier molecular flexibility index (Phi) is 4.27. The van der Waals surface area contributed by atoms with Crippen LogP contribution in [0.5, 0.6) is 11.5 Å². The van der Waals surface area contributed by atoms with Gasteiger partial charge in [0.25, 0.3) is 5.91 Å². The molecular weight excluding hydrogens is 244 g/mol. The lowest BCUT2D eigenvalue weighted by Gasteiger charge is -2.21. The van der Waals surface area contributed by atoms with E-state index in [-0.39, 0.29) is 5.91 Å². The maximum Gasteiger partial charge on any atom is 0.251 e. The lowest BCUT2D eigenvalue weighted by atomic mass is 10.1. The number of fused-ring (bicyclic) bond motifs is 1. The Morgan fingerprint density at radius 2 is 2.00 bits per heavy atom. The minimum Gasteiger partial charge on any atom is -0.486 e. The van der Waals surface area contributed by atoms with Crippen molar-refractivity contribution in [1.29, 1.82) is 0 Å². The first-order chi connectivity index (χ1) is 9.08. The summed E-state index contributed by atoms with van der Waals surface area (Å²) in [5.41, 5.74) is 0.593. The molecule has 104 valence electrons. The van der Waals surface area contributed by atoms with Crippen molar-refractivity contribution < 1.29 is 14.3 Å². The van der Waals surface area contributed by atoms with Crippen molar-refractivity contribution in [2.45, 2.75) is 13.0 Å². The molecule has 1 aromatic rings. The zero-order chi connectivity index (χ0) is 13.8. The highest BCUT2D eigenvalue weighted by Crippen LogP contribution is 2.30. The fraction of sp³-hybridized carbons (Fsp3) is 0.500. The number of amides is 1. The van der Waals surface area contributed by atoms with Crippen LogP contribution in [0.2, 0.25) is 0 Å². The van der Waals surface area contributed by atoms with E-state index < -0.39 is 0 Å². The molecule has 0 radical (unpaired) electrons. The normalized spacial score (nSPS) is 15.2. The second-order valence-corrected chi connectivity index (χ2v) is 4.88. The lowest BCUT2D eigenvalue weighted by molar-refractivity contribution is 0.0942. The Labute approximate surface area is 113 Å². The quantitative estimate of drug-likeness (QED) is 0.886. The Balaban J connectivity index is 1.99. The molecule has 19 heavy (non-hydrogen) atoms. The molecule has 1 aliphatic heterocycles. The molecule has 5 heteroatoms. The van der Waals surface area contributed by atoms with E-state index in [9.17, 15) is 4.79 Å². The molecule has 0 fully saturated rings. The van der Waals surface area contributed by atoms with Crippen molar-refractivity contribution in [3.8, 4) is 11.5 Å². The summed E-state index contributed by atoms with van der Waals surface area (Å²) in [5, 5.41) is 2.91. The smallest absolute Gasteiger partial charge is 0.251 e. The number of ether oxygens (including phenoxy) is 2. The molecule has 0 spiro atoms. The molecule has 1 heterocycles. The highest BCUT2D eigenvalue weighted by Gasteiger charge is 2.15. The molecule has 1 amide bonds. The number of hydrogen-bond donors (Lipinski definition) is 1. The molecule has 0 unspecified atom stereocenters. The third kappa shape index (κ3) is 3.38. The number of likely N-dealkylation sites (N-methyl/N-ethyl adjacent to an activating group) is 1. The van der Waals surface area contributed by atoms with E-state index in [4.69, 9.17) is 9.47 Å². The van der Waals surface area contributed by atoms with Gasteiger partial charge in [-0.2, -0.15) is 0 Å². The van der Waals surface area contributed by atoms with Gasteiger partial charge < -0.3 is 19.7 Å². The minimum absolute atomic E-state index is 0.0920. The SMILES string of the molecule is C[C@H](CNC(=O)c1ccc2c(c1)OCCO2)N(C)C. The van der Waals surface area contributed by atoms with Crippen LogP contribution in [0, 0.1) is 0 Å². The summed E-state index contributed by atoms with van der Waals surface area (Å²) < 4.78 is 10.9. The maximum absolute atomic E-state index is 12.0. The Hall–Kier alpha value is -1.75. The van der Waals surface area contributed by atoms with E-state index >= 15 is 0 Å². The van der Waals surface area contributed by atoms with Gasteiger partial charge in [-0.15, -0.1) is 0 Å². The Morgan fingerprint density at radius 3 is 2.68 bits per heavy atom. The first kappa shape index (κ1) is 13.7. The number of carbonyl (C=O) groups excluding carboxylic acids is 1. The van der Waals surface area contributed by atoms with Crippen LogP contribution in [0.1, 0.15) is 17.3 Å². The summed E-state index contributed by atoms with van der Waals surface area (Å²) in [4.78, 5) is 14.1. The van der Waals surface area contributed by atoms with Crippen LogP contribution in [0.25, 0.3) is 0 Å². The number of hydrogen-bond acceptors (Lipinski definition) is 4. The monoisotopic (exact) mass is 264 g/mol. The van der Waals surface area contributed by atoms with Crippen LogP contribution in [-0.4, -0.2) is 50.7 Å². The number of benzene rings is 1. The van der Waals surface area contributed by atoms with Crippen molar-refractivity contribution in [2.75, 3.05) is 33.9 Å². The Bertz CT molecular complexity index is 460. The topological polar surface area (TPSA) is 50.8 Å². The van der Waals surface area contributed by atoms with Crippen molar-refractivity contribution in [3.05, 3.63) is 23.8 Å². The van der Waals surface area contributed by atoms with Gasteiger partial charge in [0.2, 0.25) is 0 Å². The van der Waals surface area contributed by atoms with E-state index in [2.05, 4.69) is 17.1 Å². The van der Waals surface area contributed by atoms with E-state index in [0.29, 0.717) is 42.9 Å². The van der Waals surface area contributed by atoms with Gasteiger partial charge in [-0.1, -0.05) is 0 Å². The number of rotatable bonds is 4. The summed E-state index contributed by atoms with van der Waals surface area (Å²) in [6, 6.07) is 5.55. The predicted octanol–water partition coefficient (Wildman–Crippen LogP) is 1.14. The molecule has 2 rings (SSSR count). The largest absolute Gasteiger partial charge is 0.486 e. The molecule has 1 atom stereocenters. The molecule has 1 aromatic carbocycles. The first-order valence-electron chi connectivity index (χ1n) is 6.42. The standard InChI is InChI=1S/C14H20N2O3/c1-10(16(2)3)9-15-14(17)11-4-5-12-13(8-11)19-7-6-18-12/h4-5,8,10H,6-7,9H2,1-3H3,(H,15,17)/t10-/m1/s1. The van der Waals surface area contributed by atoms with E-state index in [1.807, 2.05) is 14.1 Å². The van der Waals surface area contributed by atoms with Gasteiger partial charge >= 0.3 is 0 Å². The molecule has 1 N–H and O–H groups in total. The van der Waals surface area contributed by atoms with Gasteiger partial charge in [0.1, 0.15) is 13.2 Å². The second-order valence-electron chi connectivity index (χ2n) is 4.88. The molecule has 0 aliphatic carbocycles. The van der Waals surface area contributed by atoms with Crippen LogP contribution in [-0.2, 0) is 0 Å². The molecule has 0 bridgehead atoms. The average molecular weight is 264 g/mol. The highest BCUT2D eigenvalue weighted by atomic mass is 16.6. The van der Waals surface area contributed by atoms with Crippen LogP contribution in [0.15, 0.2) is 18.2 Å².